The van der Waals surface area contributed by atoms with Crippen molar-refractivity contribution in [1.82, 2.24) is 0 Å². The molecule has 1 atom stereocenters. The molecule has 0 aliphatic carbocycles. The normalized spacial score (nSPS) is 11.4. The van der Waals surface area contributed by atoms with Crippen LogP contribution in [0.1, 0.15) is 11.6 Å². The number of methoxy groups -OCH3 is 1. The molecule has 0 aliphatic rings. The van der Waals surface area contributed by atoms with Crippen molar-refractivity contribution in [3.05, 3.63) is 34.3 Å². The van der Waals surface area contributed by atoms with E-state index in [4.69, 9.17) is 0 Å². The molecule has 0 heterocycles. The fourth-order valence-electron chi connectivity index (χ4n) is 1.03. The lowest BCUT2D eigenvalue weighted by Gasteiger charge is -2.07. The number of esters is 1. The highest BCUT2D eigenvalue weighted by Gasteiger charge is 2.21. The first-order chi connectivity index (χ1) is 6.16. The lowest BCUT2D eigenvalue weighted by atomic mass is 10.1. The molecule has 0 amide bonds. The van der Waals surface area contributed by atoms with Gasteiger partial charge in [-0.05, 0) is 6.07 Å². The maximum atomic E-state index is 11.2. The summed E-state index contributed by atoms with van der Waals surface area (Å²) in [4.78, 5) is 11.2. The van der Waals surface area contributed by atoms with Crippen molar-refractivity contribution in [2.75, 3.05) is 7.11 Å². The zero-order valence-electron chi connectivity index (χ0n) is 7.67. The minimum Gasteiger partial charge on any atom is -1.00 e. The molecule has 0 bridgehead atoms. The van der Waals surface area contributed by atoms with Crippen molar-refractivity contribution in [3.63, 3.8) is 0 Å². The van der Waals surface area contributed by atoms with Crippen molar-refractivity contribution >= 4 is 21.9 Å². The molecule has 1 rings (SSSR count). The Kier molecular flexibility index (Phi) is 5.99. The number of carbonyl (C=O) groups excluding carboxylic acids is 1. The topological polar surface area (TPSA) is 53.9 Å². The Hall–Kier alpha value is -0.390. The van der Waals surface area contributed by atoms with Crippen molar-refractivity contribution in [3.8, 4) is 0 Å². The third-order valence-corrected chi connectivity index (χ3v) is 2.49. The summed E-state index contributed by atoms with van der Waals surface area (Å²) in [7, 11) is 1.36. The van der Waals surface area contributed by atoms with E-state index in [0.717, 1.165) is 10.0 Å². The van der Waals surface area contributed by atoms with Gasteiger partial charge in [0.2, 0.25) is 6.04 Å². The first-order valence-electron chi connectivity index (χ1n) is 3.82. The SMILES string of the molecule is COC(=O)[C@H]([NH3+])c1ccccc1Br.[Br-]. The molecule has 0 spiro atoms. The van der Waals surface area contributed by atoms with E-state index in [9.17, 15) is 4.79 Å². The van der Waals surface area contributed by atoms with Crippen molar-refractivity contribution in [1.29, 1.82) is 0 Å². The molecule has 0 saturated carbocycles. The standard InChI is InChI=1S/C9H10BrNO2.BrH/c1-13-9(12)8(11)6-4-2-3-5-7(6)10;/h2-5,8H,11H2,1H3;1H/t8-;/m1./s1. The number of ether oxygens (including phenoxy) is 1. The average molecular weight is 325 g/mol. The van der Waals surface area contributed by atoms with Crippen LogP contribution in [0.4, 0.5) is 0 Å². The van der Waals surface area contributed by atoms with Crippen molar-refractivity contribution in [2.45, 2.75) is 6.04 Å². The molecule has 78 valence electrons. The Bertz CT molecular complexity index is 317. The summed E-state index contributed by atoms with van der Waals surface area (Å²) < 4.78 is 5.47. The van der Waals surface area contributed by atoms with Crippen LogP contribution >= 0.6 is 15.9 Å². The van der Waals surface area contributed by atoms with E-state index in [-0.39, 0.29) is 23.0 Å². The van der Waals surface area contributed by atoms with Gasteiger partial charge in [0.1, 0.15) is 0 Å². The molecule has 14 heavy (non-hydrogen) atoms. The van der Waals surface area contributed by atoms with Crippen LogP contribution in [-0.2, 0) is 9.53 Å². The van der Waals surface area contributed by atoms with Gasteiger partial charge in [-0.3, -0.25) is 0 Å². The predicted octanol–water partition coefficient (Wildman–Crippen LogP) is -2.09. The van der Waals surface area contributed by atoms with Gasteiger partial charge < -0.3 is 27.5 Å². The number of hydrogen-bond donors (Lipinski definition) is 1. The number of carbonyl (C=O) groups is 1. The number of halogens is 2. The highest BCUT2D eigenvalue weighted by Crippen LogP contribution is 2.20. The zero-order valence-corrected chi connectivity index (χ0v) is 10.8. The smallest absolute Gasteiger partial charge is 0.369 e. The van der Waals surface area contributed by atoms with E-state index in [1.165, 1.54) is 7.11 Å². The Balaban J connectivity index is 0.00000169. The largest absolute Gasteiger partial charge is 1.00 e. The molecule has 5 heteroatoms. The van der Waals surface area contributed by atoms with Gasteiger partial charge in [0.25, 0.3) is 0 Å². The third kappa shape index (κ3) is 3.08. The van der Waals surface area contributed by atoms with Gasteiger partial charge in [-0.15, -0.1) is 0 Å². The molecular formula is C9H11Br2NO2. The monoisotopic (exact) mass is 323 g/mol. The van der Waals surface area contributed by atoms with E-state index < -0.39 is 6.04 Å². The van der Waals surface area contributed by atoms with E-state index in [0.29, 0.717) is 0 Å². The van der Waals surface area contributed by atoms with E-state index in [1.54, 1.807) is 0 Å². The van der Waals surface area contributed by atoms with Gasteiger partial charge >= 0.3 is 5.97 Å². The average Bonchev–Trinajstić information content (AvgIpc) is 2.16. The molecule has 3 nitrogen and oxygen atoms in total. The van der Waals surface area contributed by atoms with Crippen molar-refractivity contribution < 1.29 is 32.2 Å². The summed E-state index contributed by atoms with van der Waals surface area (Å²) in [6, 6.07) is 6.99. The van der Waals surface area contributed by atoms with Crippen molar-refractivity contribution in [2.24, 2.45) is 0 Å². The summed E-state index contributed by atoms with van der Waals surface area (Å²) in [6.45, 7) is 0. The third-order valence-electron chi connectivity index (χ3n) is 1.77. The first kappa shape index (κ1) is 13.6. The molecule has 1 aromatic carbocycles. The van der Waals surface area contributed by atoms with Crippen LogP contribution in [0.2, 0.25) is 0 Å². The van der Waals surface area contributed by atoms with E-state index in [2.05, 4.69) is 26.4 Å². The first-order valence-corrected chi connectivity index (χ1v) is 4.61. The number of rotatable bonds is 2. The van der Waals surface area contributed by atoms with Crippen LogP contribution in [0.3, 0.4) is 0 Å². The number of benzene rings is 1. The Morgan fingerprint density at radius 3 is 2.57 bits per heavy atom. The van der Waals surface area contributed by atoms with Crippen LogP contribution in [0.25, 0.3) is 0 Å². The Morgan fingerprint density at radius 2 is 2.07 bits per heavy atom. The fraction of sp³-hybridized carbons (Fsp3) is 0.222. The molecular weight excluding hydrogens is 314 g/mol. The maximum Gasteiger partial charge on any atom is 0.369 e. The quantitative estimate of drug-likeness (QED) is 0.634. The summed E-state index contributed by atoms with van der Waals surface area (Å²) >= 11 is 3.35. The highest BCUT2D eigenvalue weighted by molar-refractivity contribution is 9.10. The predicted molar refractivity (Wildman–Crippen MR) is 51.8 cm³/mol. The summed E-state index contributed by atoms with van der Waals surface area (Å²) in [5.41, 5.74) is 4.58. The molecule has 3 N–H and O–H groups in total. The van der Waals surface area contributed by atoms with Crippen LogP contribution < -0.4 is 22.7 Å². The Labute approximate surface area is 102 Å². The van der Waals surface area contributed by atoms with Crippen LogP contribution in [-0.4, -0.2) is 13.1 Å². The van der Waals surface area contributed by atoms with E-state index >= 15 is 0 Å². The van der Waals surface area contributed by atoms with Gasteiger partial charge in [0.15, 0.2) is 0 Å². The van der Waals surface area contributed by atoms with Gasteiger partial charge in [0.05, 0.1) is 7.11 Å². The lowest BCUT2D eigenvalue weighted by Crippen LogP contribution is -3.00. The summed E-state index contributed by atoms with van der Waals surface area (Å²) in [5, 5.41) is 0. The maximum absolute atomic E-state index is 11.2. The van der Waals surface area contributed by atoms with Crippen LogP contribution in [0, 0.1) is 0 Å². The van der Waals surface area contributed by atoms with Gasteiger partial charge in [-0.2, -0.15) is 0 Å². The summed E-state index contributed by atoms with van der Waals surface area (Å²) in [6.07, 6.45) is 0. The van der Waals surface area contributed by atoms with Crippen LogP contribution in [0.5, 0.6) is 0 Å². The highest BCUT2D eigenvalue weighted by atomic mass is 79.9. The molecule has 0 saturated heterocycles. The molecule has 0 unspecified atom stereocenters. The number of quaternary nitrogens is 1. The van der Waals surface area contributed by atoms with Gasteiger partial charge in [-0.1, -0.05) is 34.1 Å². The second-order valence-corrected chi connectivity index (χ2v) is 3.45. The fourth-order valence-corrected chi connectivity index (χ4v) is 1.59. The minimum atomic E-state index is -0.472. The summed E-state index contributed by atoms with van der Waals surface area (Å²) in [5.74, 6) is -0.327. The zero-order chi connectivity index (χ0) is 9.84. The van der Waals surface area contributed by atoms with Crippen LogP contribution in [0.15, 0.2) is 28.7 Å². The second kappa shape index (κ2) is 6.16. The molecule has 0 fully saturated rings. The second-order valence-electron chi connectivity index (χ2n) is 2.60. The van der Waals surface area contributed by atoms with E-state index in [1.807, 2.05) is 24.3 Å². The van der Waals surface area contributed by atoms with Gasteiger partial charge in [-0.25, -0.2) is 4.79 Å². The lowest BCUT2D eigenvalue weighted by molar-refractivity contribution is -0.414. The molecule has 0 radical (unpaired) electrons. The molecule has 0 aliphatic heterocycles. The number of hydrogen-bond acceptors (Lipinski definition) is 2. The molecule has 1 aromatic rings. The molecule has 0 aromatic heterocycles. The van der Waals surface area contributed by atoms with Gasteiger partial charge in [0, 0.05) is 10.0 Å². The Morgan fingerprint density at radius 1 is 1.50 bits per heavy atom. The minimum absolute atomic E-state index is 0.